The monoisotopic (exact) mass is 262 g/mol. The molecule has 1 aromatic rings. The summed E-state index contributed by atoms with van der Waals surface area (Å²) in [5, 5.41) is 6.26. The summed E-state index contributed by atoms with van der Waals surface area (Å²) in [6.07, 6.45) is 2.65. The maximum Gasteiger partial charge on any atom is 0.224 e. The smallest absolute Gasteiger partial charge is 0.224 e. The summed E-state index contributed by atoms with van der Waals surface area (Å²) in [6.45, 7) is 2.52. The molecule has 19 heavy (non-hydrogen) atoms. The van der Waals surface area contributed by atoms with E-state index < -0.39 is 0 Å². The molecule has 2 heterocycles. The molecule has 1 unspecified atom stereocenters. The van der Waals surface area contributed by atoms with Gasteiger partial charge in [-0.2, -0.15) is 0 Å². The van der Waals surface area contributed by atoms with Crippen molar-refractivity contribution < 1.29 is 9.18 Å². The molecule has 0 saturated carbocycles. The number of carbonyl (C=O) groups is 1. The Morgan fingerprint density at radius 2 is 2.00 bits per heavy atom. The zero-order chi connectivity index (χ0) is 13.3. The predicted molar refractivity (Wildman–Crippen MR) is 71.3 cm³/mol. The highest BCUT2D eigenvalue weighted by Crippen LogP contribution is 2.43. The van der Waals surface area contributed by atoms with Gasteiger partial charge in [-0.15, -0.1) is 0 Å². The molecule has 0 aliphatic carbocycles. The van der Waals surface area contributed by atoms with Crippen molar-refractivity contribution >= 4 is 5.91 Å². The van der Waals surface area contributed by atoms with E-state index in [9.17, 15) is 9.18 Å². The molecule has 102 valence electrons. The Balaban J connectivity index is 2.03. The summed E-state index contributed by atoms with van der Waals surface area (Å²) in [5.41, 5.74) is 0.782. The van der Waals surface area contributed by atoms with Crippen LogP contribution in [0.5, 0.6) is 0 Å². The molecule has 0 radical (unpaired) electrons. The summed E-state index contributed by atoms with van der Waals surface area (Å²) in [7, 11) is 0. The minimum atomic E-state index is -0.214. The van der Waals surface area contributed by atoms with Gasteiger partial charge in [0.25, 0.3) is 0 Å². The molecule has 0 bridgehead atoms. The number of rotatable bonds is 2. The van der Waals surface area contributed by atoms with Gasteiger partial charge < -0.3 is 10.6 Å². The maximum absolute atomic E-state index is 13.6. The highest BCUT2D eigenvalue weighted by Gasteiger charge is 2.46. The lowest BCUT2D eigenvalue weighted by atomic mass is 9.64. The number of halogens is 1. The standard InChI is InChI=1S/C15H19FN2O/c16-12-3-1-2-11(10-12)15(5-8-17-9-6-15)13-4-7-18-14(13)19/h1-3,10,13,17H,4-9H2,(H,18,19). The zero-order valence-corrected chi connectivity index (χ0v) is 10.9. The molecule has 0 spiro atoms. The van der Waals surface area contributed by atoms with Crippen molar-refractivity contribution in [2.75, 3.05) is 19.6 Å². The molecule has 3 rings (SSSR count). The van der Waals surface area contributed by atoms with E-state index in [1.54, 1.807) is 12.1 Å². The van der Waals surface area contributed by atoms with E-state index in [0.29, 0.717) is 0 Å². The van der Waals surface area contributed by atoms with Crippen molar-refractivity contribution in [1.82, 2.24) is 10.6 Å². The van der Waals surface area contributed by atoms with Crippen LogP contribution < -0.4 is 10.6 Å². The van der Waals surface area contributed by atoms with Gasteiger partial charge in [0.1, 0.15) is 5.82 Å². The molecule has 4 heteroatoms. The van der Waals surface area contributed by atoms with Crippen LogP contribution in [0.15, 0.2) is 24.3 Å². The fraction of sp³-hybridized carbons (Fsp3) is 0.533. The van der Waals surface area contributed by atoms with E-state index in [-0.39, 0.29) is 23.1 Å². The lowest BCUT2D eigenvalue weighted by molar-refractivity contribution is -0.124. The number of nitrogens with one attached hydrogen (secondary N) is 2. The molecule has 2 saturated heterocycles. The van der Waals surface area contributed by atoms with Crippen LogP contribution in [0, 0.1) is 11.7 Å². The molecule has 2 fully saturated rings. The van der Waals surface area contributed by atoms with E-state index in [2.05, 4.69) is 10.6 Å². The Bertz CT molecular complexity index is 483. The molecular weight excluding hydrogens is 243 g/mol. The number of hydrogen-bond acceptors (Lipinski definition) is 2. The number of amides is 1. The lowest BCUT2D eigenvalue weighted by Crippen LogP contribution is -2.47. The third kappa shape index (κ3) is 2.14. The van der Waals surface area contributed by atoms with Crippen molar-refractivity contribution in [2.24, 2.45) is 5.92 Å². The molecule has 2 aliphatic rings. The van der Waals surface area contributed by atoms with Crippen LogP contribution >= 0.6 is 0 Å². The van der Waals surface area contributed by atoms with Gasteiger partial charge in [0, 0.05) is 17.9 Å². The first-order valence-electron chi connectivity index (χ1n) is 6.97. The van der Waals surface area contributed by atoms with Gasteiger partial charge in [-0.05, 0) is 50.0 Å². The molecule has 2 N–H and O–H groups in total. The minimum absolute atomic E-state index is 0.0172. The van der Waals surface area contributed by atoms with Crippen LogP contribution in [0.1, 0.15) is 24.8 Å². The number of carbonyl (C=O) groups excluding carboxylic acids is 1. The molecule has 2 aliphatic heterocycles. The largest absolute Gasteiger partial charge is 0.356 e. The Morgan fingerprint density at radius 3 is 2.63 bits per heavy atom. The predicted octanol–water partition coefficient (Wildman–Crippen LogP) is 1.58. The number of piperidine rings is 1. The Kier molecular flexibility index (Phi) is 3.27. The van der Waals surface area contributed by atoms with Crippen molar-refractivity contribution in [1.29, 1.82) is 0 Å². The average Bonchev–Trinajstić information content (AvgIpc) is 2.86. The first kappa shape index (κ1) is 12.6. The lowest BCUT2D eigenvalue weighted by Gasteiger charge is -2.41. The molecule has 1 amide bonds. The van der Waals surface area contributed by atoms with Gasteiger partial charge in [0.15, 0.2) is 0 Å². The average molecular weight is 262 g/mol. The van der Waals surface area contributed by atoms with E-state index in [1.807, 2.05) is 6.07 Å². The fourth-order valence-electron chi connectivity index (χ4n) is 3.63. The van der Waals surface area contributed by atoms with Gasteiger partial charge in [-0.25, -0.2) is 4.39 Å². The normalized spacial score (nSPS) is 26.2. The molecular formula is C15H19FN2O. The first-order valence-corrected chi connectivity index (χ1v) is 6.97. The topological polar surface area (TPSA) is 41.1 Å². The summed E-state index contributed by atoms with van der Waals surface area (Å²) < 4.78 is 13.6. The van der Waals surface area contributed by atoms with E-state index in [0.717, 1.165) is 44.5 Å². The van der Waals surface area contributed by atoms with Crippen LogP contribution in [-0.2, 0) is 10.2 Å². The van der Waals surface area contributed by atoms with Crippen LogP contribution in [-0.4, -0.2) is 25.5 Å². The van der Waals surface area contributed by atoms with E-state index in [1.165, 1.54) is 6.07 Å². The fourth-order valence-corrected chi connectivity index (χ4v) is 3.63. The second-order valence-corrected chi connectivity index (χ2v) is 5.55. The second kappa shape index (κ2) is 4.93. The van der Waals surface area contributed by atoms with E-state index >= 15 is 0 Å². The second-order valence-electron chi connectivity index (χ2n) is 5.55. The van der Waals surface area contributed by atoms with Gasteiger partial charge >= 0.3 is 0 Å². The molecule has 1 atom stereocenters. The Morgan fingerprint density at radius 1 is 1.21 bits per heavy atom. The Hall–Kier alpha value is -1.42. The van der Waals surface area contributed by atoms with Crippen molar-refractivity contribution in [3.63, 3.8) is 0 Å². The summed E-state index contributed by atoms with van der Waals surface area (Å²) in [5.74, 6) is -0.101. The number of hydrogen-bond donors (Lipinski definition) is 2. The highest BCUT2D eigenvalue weighted by atomic mass is 19.1. The molecule has 1 aromatic carbocycles. The summed E-state index contributed by atoms with van der Waals surface area (Å²) >= 11 is 0. The zero-order valence-electron chi connectivity index (χ0n) is 10.9. The highest BCUT2D eigenvalue weighted by molar-refractivity contribution is 5.82. The van der Waals surface area contributed by atoms with E-state index in [4.69, 9.17) is 0 Å². The van der Waals surface area contributed by atoms with Gasteiger partial charge in [-0.3, -0.25) is 4.79 Å². The molecule has 3 nitrogen and oxygen atoms in total. The summed E-state index contributed by atoms with van der Waals surface area (Å²) in [6, 6.07) is 6.80. The quantitative estimate of drug-likeness (QED) is 0.849. The summed E-state index contributed by atoms with van der Waals surface area (Å²) in [4.78, 5) is 12.1. The van der Waals surface area contributed by atoms with Gasteiger partial charge in [0.05, 0.1) is 0 Å². The van der Waals surface area contributed by atoms with Crippen LogP contribution in [0.25, 0.3) is 0 Å². The van der Waals surface area contributed by atoms with Crippen LogP contribution in [0.2, 0.25) is 0 Å². The van der Waals surface area contributed by atoms with Crippen LogP contribution in [0.3, 0.4) is 0 Å². The van der Waals surface area contributed by atoms with Gasteiger partial charge in [0.2, 0.25) is 5.91 Å². The van der Waals surface area contributed by atoms with Crippen molar-refractivity contribution in [3.05, 3.63) is 35.6 Å². The molecule has 0 aromatic heterocycles. The third-order valence-corrected chi connectivity index (χ3v) is 4.61. The SMILES string of the molecule is O=C1NCCC1C1(c2cccc(F)c2)CCNCC1. The van der Waals surface area contributed by atoms with Gasteiger partial charge in [-0.1, -0.05) is 12.1 Å². The maximum atomic E-state index is 13.6. The van der Waals surface area contributed by atoms with Crippen molar-refractivity contribution in [3.8, 4) is 0 Å². The van der Waals surface area contributed by atoms with Crippen LogP contribution in [0.4, 0.5) is 4.39 Å². The first-order chi connectivity index (χ1) is 9.22. The third-order valence-electron chi connectivity index (χ3n) is 4.61. The Labute approximate surface area is 112 Å². The van der Waals surface area contributed by atoms with Crippen molar-refractivity contribution in [2.45, 2.75) is 24.7 Å². The minimum Gasteiger partial charge on any atom is -0.356 e. The number of benzene rings is 1.